The number of hydrogen-bond acceptors (Lipinski definition) is 10. The first-order chi connectivity index (χ1) is 19.8. The van der Waals surface area contributed by atoms with Gasteiger partial charge in [0, 0.05) is 24.6 Å². The summed E-state index contributed by atoms with van der Waals surface area (Å²) in [7, 11) is 0. The summed E-state index contributed by atoms with van der Waals surface area (Å²) in [4.78, 5) is 23.6. The van der Waals surface area contributed by atoms with Crippen LogP contribution in [0.25, 0.3) is 22.2 Å². The van der Waals surface area contributed by atoms with E-state index in [0.29, 0.717) is 48.8 Å². The molecular weight excluding hydrogens is 542 g/mol. The number of aliphatic carboxylic acids is 1. The molecule has 1 fully saturated rings. The summed E-state index contributed by atoms with van der Waals surface area (Å²) >= 11 is 1.55. The molecule has 2 aromatic carbocycles. The molecule has 3 aromatic heterocycles. The summed E-state index contributed by atoms with van der Waals surface area (Å²) < 4.78 is 16.6. The molecular formula is C30H29N5O5S. The van der Waals surface area contributed by atoms with Gasteiger partial charge in [0.15, 0.2) is 5.60 Å². The maximum atomic E-state index is 11.4. The quantitative estimate of drug-likeness (QED) is 0.184. The summed E-state index contributed by atoms with van der Waals surface area (Å²) in [5.74, 6) is 2.22. The van der Waals surface area contributed by atoms with E-state index < -0.39 is 11.6 Å². The van der Waals surface area contributed by atoms with Crippen LogP contribution in [0.3, 0.4) is 0 Å². The van der Waals surface area contributed by atoms with Gasteiger partial charge >= 0.3 is 5.97 Å². The van der Waals surface area contributed by atoms with E-state index in [9.17, 15) is 9.90 Å². The lowest BCUT2D eigenvalue weighted by molar-refractivity contribution is -0.152. The number of thiophene rings is 1. The first-order valence-corrected chi connectivity index (χ1v) is 14.3. The molecule has 210 valence electrons. The Balaban J connectivity index is 1.17. The Morgan fingerprint density at radius 1 is 1.02 bits per heavy atom. The van der Waals surface area contributed by atoms with E-state index in [2.05, 4.69) is 25.2 Å². The number of aromatic nitrogens is 4. The lowest BCUT2D eigenvalue weighted by Crippen LogP contribution is -2.37. The van der Waals surface area contributed by atoms with Crippen molar-refractivity contribution in [1.82, 2.24) is 20.3 Å². The highest BCUT2D eigenvalue weighted by atomic mass is 32.1. The van der Waals surface area contributed by atoms with Gasteiger partial charge in [-0.3, -0.25) is 0 Å². The molecule has 6 rings (SSSR count). The van der Waals surface area contributed by atoms with Crippen LogP contribution >= 0.6 is 11.3 Å². The van der Waals surface area contributed by atoms with Crippen molar-refractivity contribution >= 4 is 23.3 Å². The van der Waals surface area contributed by atoms with E-state index in [-0.39, 0.29) is 0 Å². The van der Waals surface area contributed by atoms with Gasteiger partial charge in [0.2, 0.25) is 11.7 Å². The number of ether oxygens (including phenoxy) is 1. The fraction of sp³-hybridized carbons (Fsp3) is 0.300. The molecule has 10 nitrogen and oxygen atoms in total. The minimum atomic E-state index is -1.31. The Labute approximate surface area is 240 Å². The van der Waals surface area contributed by atoms with Crippen molar-refractivity contribution in [2.75, 3.05) is 11.4 Å². The van der Waals surface area contributed by atoms with Gasteiger partial charge in [-0.15, -0.1) is 11.3 Å². The number of nitrogens with zero attached hydrogens (tertiary/aromatic N) is 5. The second kappa shape index (κ2) is 11.2. The molecule has 0 bridgehead atoms. The van der Waals surface area contributed by atoms with Crippen molar-refractivity contribution in [3.63, 3.8) is 0 Å². The monoisotopic (exact) mass is 571 g/mol. The highest BCUT2D eigenvalue weighted by Gasteiger charge is 2.30. The molecule has 0 radical (unpaired) electrons. The van der Waals surface area contributed by atoms with Crippen LogP contribution in [0.1, 0.15) is 49.6 Å². The molecule has 1 saturated carbocycles. The maximum absolute atomic E-state index is 11.4. The van der Waals surface area contributed by atoms with Gasteiger partial charge in [-0.25, -0.2) is 4.79 Å². The molecule has 5 aromatic rings. The lowest BCUT2D eigenvalue weighted by atomic mass is 10.1. The molecule has 1 aliphatic carbocycles. The van der Waals surface area contributed by atoms with Crippen LogP contribution in [0.2, 0.25) is 0 Å². The summed E-state index contributed by atoms with van der Waals surface area (Å²) in [6.45, 7) is 4.24. The van der Waals surface area contributed by atoms with E-state index in [1.807, 2.05) is 53.9 Å². The number of benzene rings is 2. The summed E-state index contributed by atoms with van der Waals surface area (Å²) in [6, 6.07) is 19.5. The molecule has 3 heterocycles. The van der Waals surface area contributed by atoms with Crippen LogP contribution < -0.4 is 9.64 Å². The molecule has 0 unspecified atom stereocenters. The number of anilines is 1. The number of carbonyl (C=O) groups is 1. The van der Waals surface area contributed by atoms with E-state index in [1.54, 1.807) is 23.5 Å². The van der Waals surface area contributed by atoms with Crippen molar-refractivity contribution in [2.45, 2.75) is 51.2 Å². The highest BCUT2D eigenvalue weighted by Crippen LogP contribution is 2.39. The Kier molecular flexibility index (Phi) is 7.27. The number of rotatable bonds is 12. The topological polar surface area (TPSA) is 128 Å². The van der Waals surface area contributed by atoms with Crippen molar-refractivity contribution < 1.29 is 23.7 Å². The fourth-order valence-electron chi connectivity index (χ4n) is 4.25. The Bertz CT molecular complexity index is 1610. The van der Waals surface area contributed by atoms with E-state index >= 15 is 0 Å². The summed E-state index contributed by atoms with van der Waals surface area (Å²) in [5, 5.41) is 19.7. The van der Waals surface area contributed by atoms with E-state index in [0.717, 1.165) is 40.3 Å². The minimum absolute atomic E-state index is 0.415. The minimum Gasteiger partial charge on any atom is -0.478 e. The van der Waals surface area contributed by atoms with E-state index in [1.165, 1.54) is 13.8 Å². The lowest BCUT2D eigenvalue weighted by Gasteiger charge is -2.22. The van der Waals surface area contributed by atoms with Gasteiger partial charge < -0.3 is 23.8 Å². The zero-order valence-electron chi connectivity index (χ0n) is 22.7. The van der Waals surface area contributed by atoms with Gasteiger partial charge in [0.1, 0.15) is 5.75 Å². The number of carboxylic acids is 1. The molecule has 0 atom stereocenters. The molecule has 0 aliphatic heterocycles. The molecule has 1 N–H and O–H groups in total. The van der Waals surface area contributed by atoms with Gasteiger partial charge in [-0.2, -0.15) is 9.97 Å². The van der Waals surface area contributed by atoms with Crippen molar-refractivity contribution in [3.8, 4) is 27.9 Å². The largest absolute Gasteiger partial charge is 0.478 e. The average Bonchev–Trinajstić information content (AvgIpc) is 3.36. The SMILES string of the molecule is CC(C)(Oc1ccc(CCN(Cc2ccc(-c3noc(C4CC4)n3)cc2)c2noc(-c3cccs3)n2)cc1)C(=O)O. The fourth-order valence-corrected chi connectivity index (χ4v) is 4.89. The standard InChI is InChI=1S/C30H29N5O5S/c1-30(2,28(36)37)38-23-13-7-19(8-14-23)15-16-35(29-32-27(40-34-29)24-4-3-17-41-24)18-20-5-9-21(10-6-20)25-31-26(39-33-25)22-11-12-22/h3-10,13-14,17,22H,11-12,15-16,18H2,1-2H3,(H,36,37). The predicted molar refractivity (Wildman–Crippen MR) is 153 cm³/mol. The zero-order valence-corrected chi connectivity index (χ0v) is 23.5. The second-order valence-corrected chi connectivity index (χ2v) is 11.5. The van der Waals surface area contributed by atoms with Gasteiger partial charge in [0.05, 0.1) is 4.88 Å². The molecule has 41 heavy (non-hydrogen) atoms. The van der Waals surface area contributed by atoms with Gasteiger partial charge in [-0.05, 0) is 73.0 Å². The van der Waals surface area contributed by atoms with Crippen LogP contribution in [0.15, 0.2) is 75.1 Å². The first-order valence-electron chi connectivity index (χ1n) is 13.4. The van der Waals surface area contributed by atoms with Gasteiger partial charge in [-0.1, -0.05) is 47.6 Å². The molecule has 0 saturated heterocycles. The smallest absolute Gasteiger partial charge is 0.347 e. The van der Waals surface area contributed by atoms with Crippen LogP contribution in [0, 0.1) is 0 Å². The molecule has 0 amide bonds. The third-order valence-corrected chi connectivity index (χ3v) is 7.72. The van der Waals surface area contributed by atoms with Crippen LogP contribution in [-0.2, 0) is 17.8 Å². The first kappa shape index (κ1) is 26.7. The van der Waals surface area contributed by atoms with Crippen LogP contribution in [-0.4, -0.2) is 43.5 Å². The number of carboxylic acid groups (broad SMARTS) is 1. The Hall–Kier alpha value is -4.51. The maximum Gasteiger partial charge on any atom is 0.347 e. The third-order valence-electron chi connectivity index (χ3n) is 6.87. The summed E-state index contributed by atoms with van der Waals surface area (Å²) in [6.07, 6.45) is 2.93. The third kappa shape index (κ3) is 6.30. The summed E-state index contributed by atoms with van der Waals surface area (Å²) in [5.41, 5.74) is 1.73. The number of hydrogen-bond donors (Lipinski definition) is 1. The zero-order chi connectivity index (χ0) is 28.4. The van der Waals surface area contributed by atoms with E-state index in [4.69, 9.17) is 13.8 Å². The normalized spacial score (nSPS) is 13.3. The van der Waals surface area contributed by atoms with Crippen molar-refractivity contribution in [2.24, 2.45) is 0 Å². The Morgan fingerprint density at radius 3 is 2.46 bits per heavy atom. The highest BCUT2D eigenvalue weighted by molar-refractivity contribution is 7.13. The second-order valence-electron chi connectivity index (χ2n) is 10.5. The molecule has 11 heteroatoms. The average molecular weight is 572 g/mol. The van der Waals surface area contributed by atoms with Crippen molar-refractivity contribution in [1.29, 1.82) is 0 Å². The predicted octanol–water partition coefficient (Wildman–Crippen LogP) is 6.22. The van der Waals surface area contributed by atoms with Crippen LogP contribution in [0.5, 0.6) is 5.75 Å². The molecule has 1 aliphatic rings. The van der Waals surface area contributed by atoms with Gasteiger partial charge in [0.25, 0.3) is 11.8 Å². The Morgan fingerprint density at radius 2 is 1.78 bits per heavy atom. The van der Waals surface area contributed by atoms with Crippen LogP contribution in [0.4, 0.5) is 5.95 Å². The van der Waals surface area contributed by atoms with Crippen molar-refractivity contribution in [3.05, 3.63) is 83.1 Å². The molecule has 0 spiro atoms.